The summed E-state index contributed by atoms with van der Waals surface area (Å²) in [5.74, 6) is -0.404. The van der Waals surface area contributed by atoms with Crippen molar-refractivity contribution >= 4 is 29.0 Å². The highest BCUT2D eigenvalue weighted by atomic mass is 16.2. The number of hydrogen-bond acceptors (Lipinski definition) is 5. The molecule has 1 aromatic heterocycles. The number of fused-ring (bicyclic) bond motifs is 1. The predicted octanol–water partition coefficient (Wildman–Crippen LogP) is 0.658. The lowest BCUT2D eigenvalue weighted by Gasteiger charge is -2.28. The standard InChI is InChI=1S/C13H11N5O2/c14-11-6-5-9(16-17-11)13(20)18-7-12(19)15-8-3-1-2-4-10(8)18/h1-6H,7H2,(H2,14,17)(H,15,19). The van der Waals surface area contributed by atoms with Gasteiger partial charge in [0.25, 0.3) is 5.91 Å². The predicted molar refractivity (Wildman–Crippen MR) is 73.2 cm³/mol. The fourth-order valence-corrected chi connectivity index (χ4v) is 2.01. The number of hydrogen-bond donors (Lipinski definition) is 2. The van der Waals surface area contributed by atoms with Gasteiger partial charge in [0.15, 0.2) is 5.69 Å². The number of nitrogens with zero attached hydrogens (tertiary/aromatic N) is 3. The molecule has 0 aliphatic carbocycles. The van der Waals surface area contributed by atoms with E-state index in [0.29, 0.717) is 11.4 Å². The van der Waals surface area contributed by atoms with Gasteiger partial charge in [-0.1, -0.05) is 12.1 Å². The van der Waals surface area contributed by atoms with Crippen LogP contribution < -0.4 is 16.0 Å². The van der Waals surface area contributed by atoms with Crippen molar-refractivity contribution < 1.29 is 9.59 Å². The van der Waals surface area contributed by atoms with Gasteiger partial charge in [-0.3, -0.25) is 14.5 Å². The molecule has 100 valence electrons. The highest BCUT2D eigenvalue weighted by Gasteiger charge is 2.28. The van der Waals surface area contributed by atoms with Gasteiger partial charge < -0.3 is 11.1 Å². The van der Waals surface area contributed by atoms with Crippen LogP contribution in [0.3, 0.4) is 0 Å². The first kappa shape index (κ1) is 12.1. The molecule has 1 aliphatic rings. The van der Waals surface area contributed by atoms with Crippen molar-refractivity contribution in [1.82, 2.24) is 10.2 Å². The average molecular weight is 269 g/mol. The molecule has 7 nitrogen and oxygen atoms in total. The van der Waals surface area contributed by atoms with Crippen molar-refractivity contribution in [2.75, 3.05) is 22.5 Å². The molecule has 2 heterocycles. The van der Waals surface area contributed by atoms with Crippen LogP contribution in [-0.4, -0.2) is 28.6 Å². The Balaban J connectivity index is 1.99. The molecule has 0 saturated carbocycles. The summed E-state index contributed by atoms with van der Waals surface area (Å²) in [4.78, 5) is 25.5. The van der Waals surface area contributed by atoms with Gasteiger partial charge in [-0.2, -0.15) is 0 Å². The zero-order chi connectivity index (χ0) is 14.1. The van der Waals surface area contributed by atoms with Crippen molar-refractivity contribution in [3.05, 3.63) is 42.1 Å². The molecule has 7 heteroatoms. The summed E-state index contributed by atoms with van der Waals surface area (Å²) in [5, 5.41) is 10.1. The number of nitrogens with two attached hydrogens (primary N) is 1. The quantitative estimate of drug-likeness (QED) is 0.791. The molecular formula is C13H11N5O2. The van der Waals surface area contributed by atoms with Gasteiger partial charge in [-0.05, 0) is 24.3 Å². The van der Waals surface area contributed by atoms with Crippen molar-refractivity contribution in [2.24, 2.45) is 0 Å². The van der Waals surface area contributed by atoms with E-state index >= 15 is 0 Å². The molecule has 1 aromatic carbocycles. The van der Waals surface area contributed by atoms with Gasteiger partial charge >= 0.3 is 0 Å². The minimum Gasteiger partial charge on any atom is -0.382 e. The van der Waals surface area contributed by atoms with E-state index in [2.05, 4.69) is 15.5 Å². The Morgan fingerprint density at radius 1 is 1.20 bits per heavy atom. The van der Waals surface area contributed by atoms with E-state index in [0.717, 1.165) is 0 Å². The topological polar surface area (TPSA) is 101 Å². The number of benzene rings is 1. The number of nitrogens with one attached hydrogen (secondary N) is 1. The average Bonchev–Trinajstić information content (AvgIpc) is 2.46. The molecule has 0 radical (unpaired) electrons. The molecule has 0 atom stereocenters. The first-order chi connectivity index (χ1) is 9.65. The maximum Gasteiger partial charge on any atom is 0.279 e. The Bertz CT molecular complexity index is 683. The summed E-state index contributed by atoms with van der Waals surface area (Å²) in [6.07, 6.45) is 0. The summed E-state index contributed by atoms with van der Waals surface area (Å²) in [6, 6.07) is 10.1. The lowest BCUT2D eigenvalue weighted by atomic mass is 10.2. The van der Waals surface area contributed by atoms with Gasteiger partial charge in [-0.25, -0.2) is 0 Å². The number of para-hydroxylation sites is 2. The van der Waals surface area contributed by atoms with E-state index in [1.54, 1.807) is 24.3 Å². The summed E-state index contributed by atoms with van der Waals surface area (Å²) in [7, 11) is 0. The molecule has 0 fully saturated rings. The number of rotatable bonds is 1. The van der Waals surface area contributed by atoms with Gasteiger partial charge in [0, 0.05) is 0 Å². The van der Waals surface area contributed by atoms with Crippen molar-refractivity contribution in [3.63, 3.8) is 0 Å². The summed E-state index contributed by atoms with van der Waals surface area (Å²) in [5.41, 5.74) is 6.82. The van der Waals surface area contributed by atoms with E-state index < -0.39 is 0 Å². The first-order valence-corrected chi connectivity index (χ1v) is 5.95. The highest BCUT2D eigenvalue weighted by Crippen LogP contribution is 2.29. The van der Waals surface area contributed by atoms with Crippen molar-refractivity contribution in [1.29, 1.82) is 0 Å². The number of anilines is 3. The molecule has 3 rings (SSSR count). The second kappa shape index (κ2) is 4.61. The lowest BCUT2D eigenvalue weighted by molar-refractivity contribution is -0.115. The van der Waals surface area contributed by atoms with Crippen LogP contribution in [0.15, 0.2) is 36.4 Å². The van der Waals surface area contributed by atoms with E-state index in [-0.39, 0.29) is 29.9 Å². The lowest BCUT2D eigenvalue weighted by Crippen LogP contribution is -2.42. The van der Waals surface area contributed by atoms with Crippen LogP contribution in [0.1, 0.15) is 10.5 Å². The van der Waals surface area contributed by atoms with Crippen LogP contribution in [0, 0.1) is 0 Å². The fourth-order valence-electron chi connectivity index (χ4n) is 2.01. The Morgan fingerprint density at radius 3 is 2.75 bits per heavy atom. The summed E-state index contributed by atoms with van der Waals surface area (Å²) in [6.45, 7) is -0.0537. The first-order valence-electron chi connectivity index (χ1n) is 5.95. The van der Waals surface area contributed by atoms with Crippen LogP contribution >= 0.6 is 0 Å². The molecule has 2 amide bonds. The Kier molecular flexibility index (Phi) is 2.79. The van der Waals surface area contributed by atoms with Crippen LogP contribution in [0.5, 0.6) is 0 Å². The fraction of sp³-hybridized carbons (Fsp3) is 0.0769. The molecular weight excluding hydrogens is 258 g/mol. The van der Waals surface area contributed by atoms with Gasteiger partial charge in [0.1, 0.15) is 12.4 Å². The maximum atomic E-state index is 12.4. The molecule has 0 saturated heterocycles. The van der Waals surface area contributed by atoms with E-state index in [1.165, 1.54) is 17.0 Å². The molecule has 0 unspecified atom stereocenters. The molecule has 3 N–H and O–H groups in total. The van der Waals surface area contributed by atoms with E-state index in [1.807, 2.05) is 0 Å². The third-order valence-corrected chi connectivity index (χ3v) is 2.92. The summed E-state index contributed by atoms with van der Waals surface area (Å²) < 4.78 is 0. The number of aromatic nitrogens is 2. The molecule has 1 aliphatic heterocycles. The number of carbonyl (C=O) groups is 2. The molecule has 2 aromatic rings. The van der Waals surface area contributed by atoms with Crippen molar-refractivity contribution in [3.8, 4) is 0 Å². The van der Waals surface area contributed by atoms with Crippen LogP contribution in [-0.2, 0) is 4.79 Å². The summed E-state index contributed by atoms with van der Waals surface area (Å²) >= 11 is 0. The number of nitrogen functional groups attached to an aromatic ring is 1. The highest BCUT2D eigenvalue weighted by molar-refractivity contribution is 6.14. The number of carbonyl (C=O) groups excluding carboxylic acids is 2. The van der Waals surface area contributed by atoms with Crippen LogP contribution in [0.4, 0.5) is 17.2 Å². The molecule has 0 spiro atoms. The monoisotopic (exact) mass is 269 g/mol. The van der Waals surface area contributed by atoms with Gasteiger partial charge in [0.05, 0.1) is 11.4 Å². The Morgan fingerprint density at radius 2 is 2.00 bits per heavy atom. The third kappa shape index (κ3) is 2.05. The normalized spacial score (nSPS) is 13.6. The van der Waals surface area contributed by atoms with Crippen molar-refractivity contribution in [2.45, 2.75) is 0 Å². The smallest absolute Gasteiger partial charge is 0.279 e. The minimum absolute atomic E-state index is 0.0537. The largest absolute Gasteiger partial charge is 0.382 e. The maximum absolute atomic E-state index is 12.4. The van der Waals surface area contributed by atoms with E-state index in [9.17, 15) is 9.59 Å². The second-order valence-corrected chi connectivity index (χ2v) is 4.30. The zero-order valence-corrected chi connectivity index (χ0v) is 10.4. The Hall–Kier alpha value is -2.96. The number of amides is 2. The van der Waals surface area contributed by atoms with Gasteiger partial charge in [-0.15, -0.1) is 10.2 Å². The molecule has 20 heavy (non-hydrogen) atoms. The van der Waals surface area contributed by atoms with E-state index in [4.69, 9.17) is 5.73 Å². The van der Waals surface area contributed by atoms with Crippen LogP contribution in [0.25, 0.3) is 0 Å². The Labute approximate surface area is 114 Å². The van der Waals surface area contributed by atoms with Gasteiger partial charge in [0.2, 0.25) is 5.91 Å². The van der Waals surface area contributed by atoms with Crippen LogP contribution in [0.2, 0.25) is 0 Å². The second-order valence-electron chi connectivity index (χ2n) is 4.30. The molecule has 0 bridgehead atoms. The third-order valence-electron chi connectivity index (χ3n) is 2.92. The SMILES string of the molecule is Nc1ccc(C(=O)N2CC(=O)Nc3ccccc32)nn1. The zero-order valence-electron chi connectivity index (χ0n) is 10.4. The minimum atomic E-state index is -0.389.